The average Bonchev–Trinajstić information content (AvgIpc) is 3.64. The number of rotatable bonds is 13. The van der Waals surface area contributed by atoms with Gasteiger partial charge in [0.15, 0.2) is 23.0 Å². The Bertz CT molecular complexity index is 1480. The van der Waals surface area contributed by atoms with Crippen LogP contribution in [0.15, 0.2) is 40.8 Å². The van der Waals surface area contributed by atoms with Crippen molar-refractivity contribution < 1.29 is 45.8 Å². The van der Waals surface area contributed by atoms with Gasteiger partial charge in [0.25, 0.3) is 5.91 Å². The second kappa shape index (κ2) is 12.9. The fourth-order valence-electron chi connectivity index (χ4n) is 3.86. The summed E-state index contributed by atoms with van der Waals surface area (Å²) in [6, 6.07) is 3.64. The minimum atomic E-state index is -3.10. The summed E-state index contributed by atoms with van der Waals surface area (Å²) in [7, 11) is 0. The Labute approximate surface area is 236 Å². The Morgan fingerprint density at radius 2 is 1.86 bits per heavy atom. The van der Waals surface area contributed by atoms with Crippen molar-refractivity contribution in [3.8, 4) is 23.0 Å². The second-order valence-corrected chi connectivity index (χ2v) is 9.57. The van der Waals surface area contributed by atoms with Gasteiger partial charge < -0.3 is 36.0 Å². The summed E-state index contributed by atoms with van der Waals surface area (Å²) < 4.78 is 70.0. The fourth-order valence-corrected chi connectivity index (χ4v) is 3.86. The number of carbonyl (C=O) groups is 3. The van der Waals surface area contributed by atoms with Gasteiger partial charge in [-0.2, -0.15) is 8.78 Å². The molecule has 2 atom stereocenters. The van der Waals surface area contributed by atoms with Crippen LogP contribution in [0.5, 0.6) is 11.5 Å². The number of hydrogen-bond acceptors (Lipinski definition) is 8. The van der Waals surface area contributed by atoms with Crippen LogP contribution in [0.2, 0.25) is 0 Å². The molecule has 1 aliphatic rings. The maximum atomic E-state index is 14.6. The van der Waals surface area contributed by atoms with Gasteiger partial charge in [-0.05, 0) is 49.9 Å². The van der Waals surface area contributed by atoms with Crippen LogP contribution in [0.3, 0.4) is 0 Å². The van der Waals surface area contributed by atoms with Gasteiger partial charge in [0.2, 0.25) is 17.7 Å². The standard InChI is InChI=1S/C27H27F4N5O6/c1-12(32)23-22(25(39)35-21(24(38)34-10-20(33)37)16-6-5-15(28)9-17(16)29)36-26(42-23)14-4-7-18(41-27(30)31)19(8-14)40-11-13-2-3-13/h4-9,12-13,21,27H,2-3,10-11,32H2,1H3,(H2,33,37)(H,34,38)(H,35,39)/t12-,21?/m0/s1. The Kier molecular flexibility index (Phi) is 9.30. The maximum Gasteiger partial charge on any atom is 0.387 e. The molecule has 0 aliphatic heterocycles. The van der Waals surface area contributed by atoms with E-state index in [1.54, 1.807) is 0 Å². The number of alkyl halides is 2. The van der Waals surface area contributed by atoms with E-state index in [-0.39, 0.29) is 41.0 Å². The van der Waals surface area contributed by atoms with E-state index in [9.17, 15) is 31.9 Å². The molecule has 1 heterocycles. The van der Waals surface area contributed by atoms with Crippen LogP contribution in [-0.4, -0.2) is 42.5 Å². The Morgan fingerprint density at radius 1 is 1.12 bits per heavy atom. The van der Waals surface area contributed by atoms with E-state index in [1.807, 2.05) is 0 Å². The molecule has 1 fully saturated rings. The number of aromatic nitrogens is 1. The zero-order valence-corrected chi connectivity index (χ0v) is 22.2. The third-order valence-electron chi connectivity index (χ3n) is 6.11. The summed E-state index contributed by atoms with van der Waals surface area (Å²) in [5.41, 5.74) is 10.5. The van der Waals surface area contributed by atoms with Crippen LogP contribution in [0.25, 0.3) is 11.5 Å². The predicted octanol–water partition coefficient (Wildman–Crippen LogP) is 3.10. The van der Waals surface area contributed by atoms with Gasteiger partial charge in [-0.1, -0.05) is 6.07 Å². The van der Waals surface area contributed by atoms with Gasteiger partial charge in [0.05, 0.1) is 19.2 Å². The number of benzene rings is 2. The topological polar surface area (TPSA) is 172 Å². The molecule has 1 aromatic heterocycles. The van der Waals surface area contributed by atoms with E-state index >= 15 is 0 Å². The Balaban J connectivity index is 1.66. The number of hydrogen-bond donors (Lipinski definition) is 4. The number of ether oxygens (including phenoxy) is 2. The molecule has 11 nitrogen and oxygen atoms in total. The molecule has 6 N–H and O–H groups in total. The first-order valence-electron chi connectivity index (χ1n) is 12.7. The third-order valence-corrected chi connectivity index (χ3v) is 6.11. The maximum absolute atomic E-state index is 14.6. The first-order chi connectivity index (χ1) is 19.9. The highest BCUT2D eigenvalue weighted by molar-refractivity contribution is 5.98. The monoisotopic (exact) mass is 593 g/mol. The molecule has 3 aromatic rings. The number of amides is 3. The lowest BCUT2D eigenvalue weighted by atomic mass is 10.0. The van der Waals surface area contributed by atoms with Crippen LogP contribution in [0.4, 0.5) is 17.6 Å². The molecule has 15 heteroatoms. The lowest BCUT2D eigenvalue weighted by Gasteiger charge is -2.19. The van der Waals surface area contributed by atoms with E-state index in [0.717, 1.165) is 25.0 Å². The van der Waals surface area contributed by atoms with Crippen molar-refractivity contribution in [2.75, 3.05) is 13.2 Å². The van der Waals surface area contributed by atoms with Gasteiger partial charge in [-0.15, -0.1) is 0 Å². The number of primary amides is 1. The van der Waals surface area contributed by atoms with Gasteiger partial charge in [0, 0.05) is 17.2 Å². The van der Waals surface area contributed by atoms with E-state index in [0.29, 0.717) is 12.0 Å². The minimum Gasteiger partial charge on any atom is -0.489 e. The van der Waals surface area contributed by atoms with Gasteiger partial charge >= 0.3 is 6.61 Å². The molecule has 0 bridgehead atoms. The highest BCUT2D eigenvalue weighted by Crippen LogP contribution is 2.37. The summed E-state index contributed by atoms with van der Waals surface area (Å²) >= 11 is 0. The molecule has 1 aliphatic carbocycles. The number of nitrogens with two attached hydrogens (primary N) is 2. The Morgan fingerprint density at radius 3 is 2.48 bits per heavy atom. The van der Waals surface area contributed by atoms with E-state index in [4.69, 9.17) is 20.6 Å². The van der Waals surface area contributed by atoms with Crippen LogP contribution in [0, 0.1) is 17.6 Å². The van der Waals surface area contributed by atoms with Crippen molar-refractivity contribution in [3.63, 3.8) is 0 Å². The highest BCUT2D eigenvalue weighted by atomic mass is 19.3. The van der Waals surface area contributed by atoms with Crippen LogP contribution in [-0.2, 0) is 9.59 Å². The quantitative estimate of drug-likeness (QED) is 0.219. The molecule has 1 saturated carbocycles. The summed E-state index contributed by atoms with van der Waals surface area (Å²) in [4.78, 5) is 41.5. The SMILES string of the molecule is C[C@H](N)c1oc(-c2ccc(OC(F)F)c(OCC3CC3)c2)nc1C(=O)NC(C(=O)NCC(N)=O)c1ccc(F)cc1F. The normalized spacial score (nSPS) is 14.3. The summed E-state index contributed by atoms with van der Waals surface area (Å²) in [5.74, 6) is -5.19. The van der Waals surface area contributed by atoms with Crippen molar-refractivity contribution in [2.24, 2.45) is 17.4 Å². The second-order valence-electron chi connectivity index (χ2n) is 9.57. The van der Waals surface area contributed by atoms with E-state index < -0.39 is 60.2 Å². The van der Waals surface area contributed by atoms with Crippen molar-refractivity contribution in [1.82, 2.24) is 15.6 Å². The van der Waals surface area contributed by atoms with Crippen molar-refractivity contribution >= 4 is 17.7 Å². The number of nitrogens with one attached hydrogen (secondary N) is 2. The third kappa shape index (κ3) is 7.54. The van der Waals surface area contributed by atoms with Crippen LogP contribution < -0.4 is 31.6 Å². The molecular weight excluding hydrogens is 566 g/mol. The number of halogens is 4. The fraction of sp³-hybridized carbons (Fsp3) is 0.333. The van der Waals surface area contributed by atoms with Crippen molar-refractivity contribution in [3.05, 3.63) is 65.1 Å². The zero-order valence-electron chi connectivity index (χ0n) is 22.2. The Hall–Kier alpha value is -4.66. The average molecular weight is 594 g/mol. The highest BCUT2D eigenvalue weighted by Gasteiger charge is 2.31. The van der Waals surface area contributed by atoms with Crippen molar-refractivity contribution in [2.45, 2.75) is 38.5 Å². The number of carbonyl (C=O) groups excluding carboxylic acids is 3. The van der Waals surface area contributed by atoms with Crippen LogP contribution in [0.1, 0.15) is 53.7 Å². The number of nitrogens with zero attached hydrogens (tertiary/aromatic N) is 1. The molecule has 4 rings (SSSR count). The predicted molar refractivity (Wildman–Crippen MR) is 138 cm³/mol. The van der Waals surface area contributed by atoms with E-state index in [1.165, 1.54) is 25.1 Å². The first-order valence-corrected chi connectivity index (χ1v) is 12.7. The molecule has 224 valence electrons. The summed E-state index contributed by atoms with van der Waals surface area (Å²) in [6.45, 7) is -1.95. The molecule has 2 aromatic carbocycles. The first kappa shape index (κ1) is 30.3. The van der Waals surface area contributed by atoms with Gasteiger partial charge in [-0.3, -0.25) is 14.4 Å². The minimum absolute atomic E-state index is 0.00391. The van der Waals surface area contributed by atoms with Crippen molar-refractivity contribution in [1.29, 1.82) is 0 Å². The summed E-state index contributed by atoms with van der Waals surface area (Å²) in [6.07, 6.45) is 1.90. The molecule has 1 unspecified atom stereocenters. The largest absolute Gasteiger partial charge is 0.489 e. The molecule has 0 spiro atoms. The zero-order chi connectivity index (χ0) is 30.6. The lowest BCUT2D eigenvalue weighted by molar-refractivity contribution is -0.126. The molecule has 3 amide bonds. The molecular formula is C27H27F4N5O6. The molecule has 0 radical (unpaired) electrons. The van der Waals surface area contributed by atoms with Gasteiger partial charge in [-0.25, -0.2) is 13.8 Å². The van der Waals surface area contributed by atoms with Crippen LogP contribution >= 0.6 is 0 Å². The summed E-state index contributed by atoms with van der Waals surface area (Å²) in [5, 5.41) is 4.46. The molecule has 0 saturated heterocycles. The van der Waals surface area contributed by atoms with E-state index in [2.05, 4.69) is 20.4 Å². The molecule has 42 heavy (non-hydrogen) atoms. The lowest BCUT2D eigenvalue weighted by Crippen LogP contribution is -2.43. The van der Waals surface area contributed by atoms with Gasteiger partial charge in [0.1, 0.15) is 17.7 Å². The smallest absolute Gasteiger partial charge is 0.387 e. The number of oxazole rings is 1.